The van der Waals surface area contributed by atoms with Crippen LogP contribution in [0.25, 0.3) is 0 Å². The van der Waals surface area contributed by atoms with E-state index in [9.17, 15) is 5.11 Å². The summed E-state index contributed by atoms with van der Waals surface area (Å²) in [6, 6.07) is 10.3. The van der Waals surface area contributed by atoms with E-state index in [2.05, 4.69) is 73.3 Å². The van der Waals surface area contributed by atoms with Gasteiger partial charge in [-0.15, -0.1) is 0 Å². The van der Waals surface area contributed by atoms with Gasteiger partial charge >= 0.3 is 0 Å². The summed E-state index contributed by atoms with van der Waals surface area (Å²) in [5.41, 5.74) is 2.32. The van der Waals surface area contributed by atoms with E-state index >= 15 is 0 Å². The minimum atomic E-state index is -1.87. The van der Waals surface area contributed by atoms with E-state index in [1.165, 1.54) is 5.56 Å². The summed E-state index contributed by atoms with van der Waals surface area (Å²) in [6.45, 7) is 22.1. The molecule has 1 aromatic rings. The molecule has 0 unspecified atom stereocenters. The molecule has 148 valence electrons. The summed E-state index contributed by atoms with van der Waals surface area (Å²) < 4.78 is 6.70. The van der Waals surface area contributed by atoms with Crippen LogP contribution in [0.3, 0.4) is 0 Å². The predicted molar refractivity (Wildman–Crippen MR) is 116 cm³/mol. The molecule has 0 saturated heterocycles. The average Bonchev–Trinajstić information content (AvgIpc) is 2.51. The van der Waals surface area contributed by atoms with Gasteiger partial charge in [0.05, 0.1) is 12.2 Å². The number of rotatable bonds is 9. The van der Waals surface area contributed by atoms with Crippen LogP contribution in [0.5, 0.6) is 0 Å². The van der Waals surface area contributed by atoms with E-state index < -0.39 is 14.4 Å². The molecular formula is C23H40O2Si. The summed E-state index contributed by atoms with van der Waals surface area (Å²) >= 11 is 0. The highest BCUT2D eigenvalue weighted by atomic mass is 28.4. The smallest absolute Gasteiger partial charge is 0.192 e. The van der Waals surface area contributed by atoms with Crippen molar-refractivity contribution in [3.05, 3.63) is 48.0 Å². The number of aliphatic hydroxyl groups excluding tert-OH is 1. The first kappa shape index (κ1) is 23.1. The molecule has 0 heterocycles. The number of hydrogen-bond donors (Lipinski definition) is 1. The van der Waals surface area contributed by atoms with E-state index in [1.807, 2.05) is 18.2 Å². The maximum absolute atomic E-state index is 10.9. The lowest BCUT2D eigenvalue weighted by Crippen LogP contribution is -2.48. The number of benzene rings is 1. The van der Waals surface area contributed by atoms with Crippen LogP contribution in [-0.4, -0.2) is 25.6 Å². The van der Waals surface area contributed by atoms with Gasteiger partial charge in [0.25, 0.3) is 0 Å². The molecule has 3 atom stereocenters. The predicted octanol–water partition coefficient (Wildman–Crippen LogP) is 6.22. The van der Waals surface area contributed by atoms with Gasteiger partial charge in [0.15, 0.2) is 8.32 Å². The fourth-order valence-electron chi connectivity index (χ4n) is 3.02. The highest BCUT2D eigenvalue weighted by Crippen LogP contribution is 2.39. The zero-order valence-electron chi connectivity index (χ0n) is 18.2. The zero-order chi connectivity index (χ0) is 20.1. The normalized spacial score (nSPS) is 16.4. The minimum Gasteiger partial charge on any atom is -0.413 e. The third-order valence-corrected chi connectivity index (χ3v) is 10.3. The molecule has 0 fully saturated rings. The quantitative estimate of drug-likeness (QED) is 0.409. The van der Waals surface area contributed by atoms with Crippen LogP contribution in [0.1, 0.15) is 53.5 Å². The zero-order valence-corrected chi connectivity index (χ0v) is 19.2. The first-order valence-electron chi connectivity index (χ1n) is 9.91. The van der Waals surface area contributed by atoms with Crippen molar-refractivity contribution < 1.29 is 9.53 Å². The van der Waals surface area contributed by atoms with E-state index in [0.717, 1.165) is 12.0 Å². The molecule has 0 aromatic heterocycles. The molecule has 0 spiro atoms. The SMILES string of the molecule is C=C(Cc1ccccc1)C[C@H](O)[C@@H](C)[C@@H](O[Si](C)(C)C(C)(C)C)C(C)C. The topological polar surface area (TPSA) is 29.5 Å². The van der Waals surface area contributed by atoms with Crippen molar-refractivity contribution in [1.82, 2.24) is 0 Å². The number of hydrogen-bond acceptors (Lipinski definition) is 2. The van der Waals surface area contributed by atoms with Crippen LogP contribution >= 0.6 is 0 Å². The lowest BCUT2D eigenvalue weighted by atomic mass is 9.87. The van der Waals surface area contributed by atoms with Crippen LogP contribution in [-0.2, 0) is 10.8 Å². The van der Waals surface area contributed by atoms with Crippen LogP contribution in [0.2, 0.25) is 18.1 Å². The molecule has 0 radical (unpaired) electrons. The standard InChI is InChI=1S/C23H40O2Si/c1-17(2)22(25-26(8,9)23(5,6)7)19(4)21(24)16-18(3)15-20-13-11-10-12-14-20/h10-14,17,19,21-22,24H,3,15-16H2,1-2,4-9H3/t19-,21+,22+/m1/s1. The van der Waals surface area contributed by atoms with Crippen molar-refractivity contribution in [2.24, 2.45) is 11.8 Å². The monoisotopic (exact) mass is 376 g/mol. The fourth-order valence-corrected chi connectivity index (χ4v) is 4.55. The Morgan fingerprint density at radius 3 is 2.12 bits per heavy atom. The highest BCUT2D eigenvalue weighted by molar-refractivity contribution is 6.74. The second kappa shape index (κ2) is 9.34. The van der Waals surface area contributed by atoms with Crippen LogP contribution < -0.4 is 0 Å². The lowest BCUT2D eigenvalue weighted by Gasteiger charge is -2.43. The fraction of sp³-hybridized carbons (Fsp3) is 0.652. The van der Waals surface area contributed by atoms with Gasteiger partial charge in [0, 0.05) is 5.92 Å². The van der Waals surface area contributed by atoms with Gasteiger partial charge in [-0.2, -0.15) is 0 Å². The Hall–Kier alpha value is -0.903. The Morgan fingerprint density at radius 1 is 1.12 bits per heavy atom. The Morgan fingerprint density at radius 2 is 1.65 bits per heavy atom. The van der Waals surface area contributed by atoms with E-state index in [1.54, 1.807) is 0 Å². The summed E-state index contributed by atoms with van der Waals surface area (Å²) in [6.07, 6.45) is 1.08. The Labute approximate surface area is 162 Å². The molecule has 2 nitrogen and oxygen atoms in total. The van der Waals surface area contributed by atoms with Crippen LogP contribution in [0.15, 0.2) is 42.5 Å². The summed E-state index contributed by atoms with van der Waals surface area (Å²) in [4.78, 5) is 0. The first-order chi connectivity index (χ1) is 11.8. The second-order valence-corrected chi connectivity index (χ2v) is 14.4. The molecule has 0 aliphatic carbocycles. The molecule has 0 aliphatic heterocycles. The maximum atomic E-state index is 10.9. The van der Waals surface area contributed by atoms with Crippen molar-refractivity contribution in [1.29, 1.82) is 0 Å². The maximum Gasteiger partial charge on any atom is 0.192 e. The van der Waals surface area contributed by atoms with Crippen molar-refractivity contribution in [3.8, 4) is 0 Å². The Kier molecular flexibility index (Phi) is 8.31. The van der Waals surface area contributed by atoms with E-state index in [0.29, 0.717) is 12.3 Å². The molecule has 26 heavy (non-hydrogen) atoms. The molecule has 1 rings (SSSR count). The van der Waals surface area contributed by atoms with Crippen molar-refractivity contribution in [2.75, 3.05) is 0 Å². The molecule has 1 N–H and O–H groups in total. The molecule has 0 saturated carbocycles. The van der Waals surface area contributed by atoms with Gasteiger partial charge in [-0.25, -0.2) is 0 Å². The van der Waals surface area contributed by atoms with Gasteiger partial charge in [-0.05, 0) is 42.5 Å². The third kappa shape index (κ3) is 6.68. The molecule has 0 aliphatic rings. The van der Waals surface area contributed by atoms with Crippen molar-refractivity contribution in [3.63, 3.8) is 0 Å². The summed E-state index contributed by atoms with van der Waals surface area (Å²) in [5, 5.41) is 11.0. The van der Waals surface area contributed by atoms with Gasteiger partial charge < -0.3 is 9.53 Å². The molecule has 1 aromatic carbocycles. The Bertz CT molecular complexity index is 557. The summed E-state index contributed by atoms with van der Waals surface area (Å²) in [5.74, 6) is 0.452. The van der Waals surface area contributed by atoms with Crippen LogP contribution in [0.4, 0.5) is 0 Å². The number of aliphatic hydroxyl groups is 1. The highest BCUT2D eigenvalue weighted by Gasteiger charge is 2.41. The lowest BCUT2D eigenvalue weighted by molar-refractivity contribution is 0.00562. The second-order valence-electron chi connectivity index (χ2n) is 9.63. The average molecular weight is 377 g/mol. The third-order valence-electron chi connectivity index (χ3n) is 5.81. The molecule has 0 amide bonds. The van der Waals surface area contributed by atoms with Crippen molar-refractivity contribution >= 4 is 8.32 Å². The van der Waals surface area contributed by atoms with E-state index in [-0.39, 0.29) is 17.1 Å². The molecule has 0 bridgehead atoms. The van der Waals surface area contributed by atoms with E-state index in [4.69, 9.17) is 4.43 Å². The molecule has 3 heteroatoms. The summed E-state index contributed by atoms with van der Waals surface area (Å²) in [7, 11) is -1.87. The Balaban J connectivity index is 2.75. The van der Waals surface area contributed by atoms with Gasteiger partial charge in [-0.1, -0.05) is 84.0 Å². The van der Waals surface area contributed by atoms with Gasteiger partial charge in [0.2, 0.25) is 0 Å². The molecular weight excluding hydrogens is 336 g/mol. The largest absolute Gasteiger partial charge is 0.413 e. The van der Waals surface area contributed by atoms with Crippen molar-refractivity contribution in [2.45, 2.75) is 84.7 Å². The van der Waals surface area contributed by atoms with Gasteiger partial charge in [-0.3, -0.25) is 0 Å². The minimum absolute atomic E-state index is 0.0652. The van der Waals surface area contributed by atoms with Crippen LogP contribution in [0, 0.1) is 11.8 Å². The van der Waals surface area contributed by atoms with Gasteiger partial charge in [0.1, 0.15) is 0 Å². The first-order valence-corrected chi connectivity index (χ1v) is 12.8.